The fourth-order valence-corrected chi connectivity index (χ4v) is 3.62. The summed E-state index contributed by atoms with van der Waals surface area (Å²) in [4.78, 5) is 11.6. The molecule has 2 aliphatic rings. The summed E-state index contributed by atoms with van der Waals surface area (Å²) in [6, 6.07) is 0. The molecule has 2 aliphatic carbocycles. The van der Waals surface area contributed by atoms with E-state index in [4.69, 9.17) is 0 Å². The molecule has 0 unspecified atom stereocenters. The highest BCUT2D eigenvalue weighted by molar-refractivity contribution is 5.95. The van der Waals surface area contributed by atoms with Gasteiger partial charge >= 0.3 is 0 Å². The van der Waals surface area contributed by atoms with Crippen molar-refractivity contribution < 1.29 is 9.90 Å². The van der Waals surface area contributed by atoms with Crippen molar-refractivity contribution in [1.82, 2.24) is 0 Å². The van der Waals surface area contributed by atoms with E-state index in [2.05, 4.69) is 13.5 Å². The normalized spacial score (nSPS) is 41.8. The van der Waals surface area contributed by atoms with E-state index >= 15 is 0 Å². The average molecular weight is 234 g/mol. The SMILES string of the molecule is C=C(C)[C@H]1CC[C@@]2(C1)C(C)=CC(=O)[C@H](O)[C@H]2C. The average Bonchev–Trinajstić information content (AvgIpc) is 2.71. The number of hydrogen-bond acceptors (Lipinski definition) is 2. The van der Waals surface area contributed by atoms with Crippen LogP contribution in [0.25, 0.3) is 0 Å². The molecule has 0 radical (unpaired) electrons. The Morgan fingerprint density at radius 3 is 2.76 bits per heavy atom. The molecule has 4 atom stereocenters. The first-order valence-corrected chi connectivity index (χ1v) is 6.44. The van der Waals surface area contributed by atoms with Gasteiger partial charge in [-0.3, -0.25) is 4.79 Å². The van der Waals surface area contributed by atoms with Crippen LogP contribution in [0.2, 0.25) is 0 Å². The third kappa shape index (κ3) is 1.79. The second kappa shape index (κ2) is 4.09. The van der Waals surface area contributed by atoms with E-state index in [9.17, 15) is 9.90 Å². The smallest absolute Gasteiger partial charge is 0.184 e. The van der Waals surface area contributed by atoms with Crippen LogP contribution >= 0.6 is 0 Å². The highest BCUT2D eigenvalue weighted by Crippen LogP contribution is 2.55. The Hall–Kier alpha value is -0.890. The minimum atomic E-state index is -0.817. The van der Waals surface area contributed by atoms with Crippen molar-refractivity contribution >= 4 is 5.78 Å². The molecule has 1 saturated carbocycles. The lowest BCUT2D eigenvalue weighted by Gasteiger charge is -2.42. The van der Waals surface area contributed by atoms with Gasteiger partial charge < -0.3 is 5.11 Å². The number of rotatable bonds is 1. The fourth-order valence-electron chi connectivity index (χ4n) is 3.62. The maximum Gasteiger partial charge on any atom is 0.184 e. The number of ketones is 1. The molecule has 2 nitrogen and oxygen atoms in total. The Morgan fingerprint density at radius 2 is 2.24 bits per heavy atom. The summed E-state index contributed by atoms with van der Waals surface area (Å²) in [6.45, 7) is 10.2. The van der Waals surface area contributed by atoms with Crippen molar-refractivity contribution in [3.63, 3.8) is 0 Å². The molecule has 1 fully saturated rings. The Morgan fingerprint density at radius 1 is 1.59 bits per heavy atom. The lowest BCUT2D eigenvalue weighted by atomic mass is 9.63. The number of hydrogen-bond donors (Lipinski definition) is 1. The third-order valence-corrected chi connectivity index (χ3v) is 5.03. The highest BCUT2D eigenvalue weighted by Gasteiger charge is 2.50. The predicted molar refractivity (Wildman–Crippen MR) is 68.5 cm³/mol. The lowest BCUT2D eigenvalue weighted by molar-refractivity contribution is -0.128. The molecule has 17 heavy (non-hydrogen) atoms. The van der Waals surface area contributed by atoms with Crippen LogP contribution in [0.15, 0.2) is 23.8 Å². The summed E-state index contributed by atoms with van der Waals surface area (Å²) in [6.07, 6.45) is 4.08. The Labute approximate surface area is 103 Å². The van der Waals surface area contributed by atoms with Crippen molar-refractivity contribution in [1.29, 1.82) is 0 Å². The zero-order valence-electron chi connectivity index (χ0n) is 11.0. The van der Waals surface area contributed by atoms with E-state index in [1.54, 1.807) is 6.08 Å². The van der Waals surface area contributed by atoms with Crippen LogP contribution in [-0.2, 0) is 4.79 Å². The van der Waals surface area contributed by atoms with E-state index in [1.165, 1.54) is 5.57 Å². The van der Waals surface area contributed by atoms with E-state index in [0.29, 0.717) is 5.92 Å². The molecular weight excluding hydrogens is 212 g/mol. The largest absolute Gasteiger partial charge is 0.385 e. The molecule has 0 bridgehead atoms. The van der Waals surface area contributed by atoms with Gasteiger partial charge in [-0.1, -0.05) is 24.6 Å². The van der Waals surface area contributed by atoms with Gasteiger partial charge in [0.1, 0.15) is 6.10 Å². The van der Waals surface area contributed by atoms with E-state index in [-0.39, 0.29) is 17.1 Å². The Kier molecular flexibility index (Phi) is 3.03. The molecule has 94 valence electrons. The maximum atomic E-state index is 11.6. The summed E-state index contributed by atoms with van der Waals surface area (Å²) in [7, 11) is 0. The van der Waals surface area contributed by atoms with Crippen LogP contribution in [-0.4, -0.2) is 17.0 Å². The number of carbonyl (C=O) groups excluding carboxylic acids is 1. The van der Waals surface area contributed by atoms with Crippen LogP contribution < -0.4 is 0 Å². The predicted octanol–water partition coefficient (Wildman–Crippen LogP) is 2.88. The molecule has 1 spiro atoms. The van der Waals surface area contributed by atoms with Gasteiger partial charge in [0, 0.05) is 0 Å². The quantitative estimate of drug-likeness (QED) is 0.708. The van der Waals surface area contributed by atoms with Gasteiger partial charge in [0.15, 0.2) is 5.78 Å². The van der Waals surface area contributed by atoms with Crippen LogP contribution in [0.1, 0.15) is 40.0 Å². The molecule has 0 aromatic carbocycles. The van der Waals surface area contributed by atoms with Gasteiger partial charge in [-0.25, -0.2) is 0 Å². The number of aliphatic hydroxyl groups is 1. The van der Waals surface area contributed by atoms with E-state index in [0.717, 1.165) is 24.8 Å². The molecule has 0 aromatic rings. The van der Waals surface area contributed by atoms with Crippen molar-refractivity contribution in [3.05, 3.63) is 23.8 Å². The van der Waals surface area contributed by atoms with Gasteiger partial charge in [-0.15, -0.1) is 0 Å². The van der Waals surface area contributed by atoms with E-state index in [1.807, 2.05) is 13.8 Å². The molecule has 2 heteroatoms. The zero-order chi connectivity index (χ0) is 12.8. The van der Waals surface area contributed by atoms with Crippen molar-refractivity contribution in [2.75, 3.05) is 0 Å². The Balaban J connectivity index is 2.34. The molecule has 0 aromatic heterocycles. The number of carbonyl (C=O) groups is 1. The van der Waals surface area contributed by atoms with Crippen LogP contribution in [0, 0.1) is 17.3 Å². The second-order valence-corrected chi connectivity index (χ2v) is 5.91. The van der Waals surface area contributed by atoms with Gasteiger partial charge in [0.05, 0.1) is 0 Å². The van der Waals surface area contributed by atoms with Gasteiger partial charge in [0.2, 0.25) is 0 Å². The van der Waals surface area contributed by atoms with Crippen molar-refractivity contribution in [2.45, 2.75) is 46.1 Å². The first-order valence-electron chi connectivity index (χ1n) is 6.44. The van der Waals surface area contributed by atoms with E-state index < -0.39 is 6.10 Å². The van der Waals surface area contributed by atoms with Crippen LogP contribution in [0.3, 0.4) is 0 Å². The first kappa shape index (κ1) is 12.6. The number of allylic oxidation sites excluding steroid dienone is 2. The molecule has 0 saturated heterocycles. The van der Waals surface area contributed by atoms with Crippen molar-refractivity contribution in [3.8, 4) is 0 Å². The van der Waals surface area contributed by atoms with Crippen LogP contribution in [0.5, 0.6) is 0 Å². The first-order chi connectivity index (χ1) is 7.88. The molecule has 2 rings (SSSR count). The summed E-state index contributed by atoms with van der Waals surface area (Å²) >= 11 is 0. The third-order valence-electron chi connectivity index (χ3n) is 5.03. The monoisotopic (exact) mass is 234 g/mol. The van der Waals surface area contributed by atoms with Gasteiger partial charge in [-0.05, 0) is 56.4 Å². The Bertz CT molecular complexity index is 394. The topological polar surface area (TPSA) is 37.3 Å². The van der Waals surface area contributed by atoms with Gasteiger partial charge in [-0.2, -0.15) is 0 Å². The molecule has 0 heterocycles. The summed E-state index contributed by atoms with van der Waals surface area (Å²) < 4.78 is 0. The minimum absolute atomic E-state index is 0.0247. The summed E-state index contributed by atoms with van der Waals surface area (Å²) in [5, 5.41) is 10.00. The van der Waals surface area contributed by atoms with Crippen LogP contribution in [0.4, 0.5) is 0 Å². The molecule has 0 amide bonds. The number of aliphatic hydroxyl groups excluding tert-OH is 1. The summed E-state index contributed by atoms with van der Waals surface area (Å²) in [5.41, 5.74) is 2.41. The second-order valence-electron chi connectivity index (χ2n) is 5.91. The zero-order valence-corrected chi connectivity index (χ0v) is 11.0. The fraction of sp³-hybridized carbons (Fsp3) is 0.667. The van der Waals surface area contributed by atoms with Crippen molar-refractivity contribution in [2.24, 2.45) is 17.3 Å². The molecule has 0 aliphatic heterocycles. The van der Waals surface area contributed by atoms with Gasteiger partial charge in [0.25, 0.3) is 0 Å². The molecular formula is C15H22O2. The summed E-state index contributed by atoms with van der Waals surface area (Å²) in [5.74, 6) is 0.449. The molecule has 1 N–H and O–H groups in total. The maximum absolute atomic E-state index is 11.6. The minimum Gasteiger partial charge on any atom is -0.385 e. The highest BCUT2D eigenvalue weighted by atomic mass is 16.3. The lowest BCUT2D eigenvalue weighted by Crippen LogP contribution is -2.43. The standard InChI is InChI=1S/C15H22O2/c1-9(2)12-5-6-15(8-12)10(3)7-13(16)14(17)11(15)4/h7,11-12,14,17H,1,5-6,8H2,2-4H3/t11-,12+,14-,15-/m1/s1.